The van der Waals surface area contributed by atoms with Crippen molar-refractivity contribution >= 4 is 5.91 Å². The van der Waals surface area contributed by atoms with Crippen molar-refractivity contribution in [1.82, 2.24) is 4.90 Å². The Morgan fingerprint density at radius 2 is 1.86 bits per heavy atom. The summed E-state index contributed by atoms with van der Waals surface area (Å²) in [4.78, 5) is 13.8. The van der Waals surface area contributed by atoms with Crippen LogP contribution in [0.4, 0.5) is 0 Å². The maximum Gasteiger partial charge on any atom is 0.223 e. The molecular formula is C11H22N2O. The summed E-state index contributed by atoms with van der Waals surface area (Å²) in [5, 5.41) is 0. The highest BCUT2D eigenvalue weighted by Gasteiger charge is 2.24. The van der Waals surface area contributed by atoms with Crippen LogP contribution in [0.5, 0.6) is 0 Å². The quantitative estimate of drug-likeness (QED) is 0.744. The number of piperidine rings is 1. The van der Waals surface area contributed by atoms with Gasteiger partial charge in [-0.05, 0) is 31.2 Å². The van der Waals surface area contributed by atoms with E-state index in [4.69, 9.17) is 5.73 Å². The molecule has 1 saturated heterocycles. The molecule has 3 nitrogen and oxygen atoms in total. The fraction of sp³-hybridized carbons (Fsp3) is 0.909. The van der Waals surface area contributed by atoms with Crippen molar-refractivity contribution in [3.63, 3.8) is 0 Å². The van der Waals surface area contributed by atoms with E-state index >= 15 is 0 Å². The van der Waals surface area contributed by atoms with Crippen LogP contribution in [0.3, 0.4) is 0 Å². The molecule has 0 aromatic carbocycles. The van der Waals surface area contributed by atoms with Gasteiger partial charge in [-0.3, -0.25) is 4.79 Å². The molecule has 0 atom stereocenters. The molecule has 1 aliphatic rings. The third kappa shape index (κ3) is 3.29. The van der Waals surface area contributed by atoms with Crippen LogP contribution < -0.4 is 5.73 Å². The third-order valence-electron chi connectivity index (χ3n) is 2.89. The molecule has 1 amide bonds. The lowest BCUT2D eigenvalue weighted by Crippen LogP contribution is -2.39. The van der Waals surface area contributed by atoms with Crippen LogP contribution in [-0.4, -0.2) is 30.4 Å². The minimum absolute atomic E-state index is 0.0471. The van der Waals surface area contributed by atoms with E-state index in [0.29, 0.717) is 13.0 Å². The van der Waals surface area contributed by atoms with Crippen LogP contribution in [0.25, 0.3) is 0 Å². The summed E-state index contributed by atoms with van der Waals surface area (Å²) in [5.74, 6) is 0.278. The van der Waals surface area contributed by atoms with E-state index in [-0.39, 0.29) is 11.3 Å². The largest absolute Gasteiger partial charge is 0.343 e. The Hall–Kier alpha value is -0.570. The molecule has 1 heterocycles. The molecule has 0 unspecified atom stereocenters. The first kappa shape index (κ1) is 11.5. The molecular weight excluding hydrogens is 176 g/mol. The van der Waals surface area contributed by atoms with Crippen LogP contribution in [0.15, 0.2) is 0 Å². The third-order valence-corrected chi connectivity index (χ3v) is 2.89. The normalized spacial score (nSPS) is 18.4. The zero-order valence-corrected chi connectivity index (χ0v) is 9.38. The molecule has 0 aliphatic carbocycles. The lowest BCUT2D eigenvalue weighted by atomic mass is 9.89. The molecule has 0 saturated carbocycles. The standard InChI is InChI=1S/C11H22N2O/c1-11(2,9-12)8-10(14)13-6-4-3-5-7-13/h3-9,12H2,1-2H3. The summed E-state index contributed by atoms with van der Waals surface area (Å²) in [6.07, 6.45) is 4.18. The molecule has 0 bridgehead atoms. The van der Waals surface area contributed by atoms with Gasteiger partial charge in [0.15, 0.2) is 0 Å². The smallest absolute Gasteiger partial charge is 0.223 e. The molecule has 0 spiro atoms. The maximum absolute atomic E-state index is 11.8. The summed E-state index contributed by atoms with van der Waals surface area (Å²) < 4.78 is 0. The van der Waals surface area contributed by atoms with Crippen molar-refractivity contribution in [3.05, 3.63) is 0 Å². The Morgan fingerprint density at radius 1 is 1.29 bits per heavy atom. The number of hydrogen-bond donors (Lipinski definition) is 1. The Balaban J connectivity index is 2.40. The highest BCUT2D eigenvalue weighted by molar-refractivity contribution is 5.76. The Labute approximate surface area is 86.6 Å². The monoisotopic (exact) mass is 198 g/mol. The van der Waals surface area contributed by atoms with E-state index in [1.54, 1.807) is 0 Å². The van der Waals surface area contributed by atoms with Gasteiger partial charge in [-0.15, -0.1) is 0 Å². The van der Waals surface area contributed by atoms with E-state index < -0.39 is 0 Å². The number of likely N-dealkylation sites (tertiary alicyclic amines) is 1. The van der Waals surface area contributed by atoms with Gasteiger partial charge in [0.25, 0.3) is 0 Å². The van der Waals surface area contributed by atoms with Crippen LogP contribution in [0, 0.1) is 5.41 Å². The van der Waals surface area contributed by atoms with Crippen molar-refractivity contribution in [2.24, 2.45) is 11.1 Å². The highest BCUT2D eigenvalue weighted by Crippen LogP contribution is 2.21. The van der Waals surface area contributed by atoms with Gasteiger partial charge < -0.3 is 10.6 Å². The summed E-state index contributed by atoms with van der Waals surface area (Å²) in [6.45, 7) is 6.56. The van der Waals surface area contributed by atoms with Gasteiger partial charge >= 0.3 is 0 Å². The van der Waals surface area contributed by atoms with Gasteiger partial charge in [-0.1, -0.05) is 13.8 Å². The first-order valence-corrected chi connectivity index (χ1v) is 5.53. The number of hydrogen-bond acceptors (Lipinski definition) is 2. The van der Waals surface area contributed by atoms with Gasteiger partial charge in [-0.2, -0.15) is 0 Å². The Bertz CT molecular complexity index is 195. The Kier molecular flexibility index (Phi) is 3.93. The van der Waals surface area contributed by atoms with Crippen LogP contribution in [0.2, 0.25) is 0 Å². The van der Waals surface area contributed by atoms with Crippen molar-refractivity contribution in [2.75, 3.05) is 19.6 Å². The second kappa shape index (κ2) is 4.78. The summed E-state index contributed by atoms with van der Waals surface area (Å²) in [5.41, 5.74) is 5.57. The maximum atomic E-state index is 11.8. The fourth-order valence-electron chi connectivity index (χ4n) is 1.74. The lowest BCUT2D eigenvalue weighted by molar-refractivity contribution is -0.134. The number of carbonyl (C=O) groups excluding carboxylic acids is 1. The van der Waals surface area contributed by atoms with Gasteiger partial charge in [-0.25, -0.2) is 0 Å². The molecule has 1 aliphatic heterocycles. The first-order valence-electron chi connectivity index (χ1n) is 5.53. The first-order chi connectivity index (χ1) is 6.55. The second-order valence-corrected chi connectivity index (χ2v) is 4.99. The Morgan fingerprint density at radius 3 is 2.36 bits per heavy atom. The predicted octanol–water partition coefficient (Wildman–Crippen LogP) is 1.37. The minimum atomic E-state index is -0.0471. The van der Waals surface area contributed by atoms with Crippen molar-refractivity contribution < 1.29 is 4.79 Å². The minimum Gasteiger partial charge on any atom is -0.343 e. The average molecular weight is 198 g/mol. The lowest BCUT2D eigenvalue weighted by Gasteiger charge is -2.30. The van der Waals surface area contributed by atoms with Crippen molar-refractivity contribution in [1.29, 1.82) is 0 Å². The van der Waals surface area contributed by atoms with Gasteiger partial charge in [0.2, 0.25) is 5.91 Å². The van der Waals surface area contributed by atoms with Gasteiger partial charge in [0.1, 0.15) is 0 Å². The van der Waals surface area contributed by atoms with E-state index in [1.165, 1.54) is 6.42 Å². The number of nitrogens with zero attached hydrogens (tertiary/aromatic N) is 1. The summed E-state index contributed by atoms with van der Waals surface area (Å²) in [7, 11) is 0. The number of rotatable bonds is 3. The van der Waals surface area contributed by atoms with E-state index in [2.05, 4.69) is 13.8 Å². The molecule has 1 rings (SSSR count). The highest BCUT2D eigenvalue weighted by atomic mass is 16.2. The molecule has 0 radical (unpaired) electrons. The molecule has 1 fully saturated rings. The molecule has 82 valence electrons. The van der Waals surface area contributed by atoms with Crippen molar-refractivity contribution in [2.45, 2.75) is 39.5 Å². The average Bonchev–Trinajstić information content (AvgIpc) is 2.19. The van der Waals surface area contributed by atoms with E-state index in [0.717, 1.165) is 25.9 Å². The van der Waals surface area contributed by atoms with Crippen LogP contribution >= 0.6 is 0 Å². The molecule has 0 aromatic heterocycles. The molecule has 14 heavy (non-hydrogen) atoms. The summed E-state index contributed by atoms with van der Waals surface area (Å²) >= 11 is 0. The molecule has 3 heteroatoms. The number of carbonyl (C=O) groups is 1. The SMILES string of the molecule is CC(C)(CN)CC(=O)N1CCCCC1. The van der Waals surface area contributed by atoms with Gasteiger partial charge in [0, 0.05) is 19.5 Å². The molecule has 0 aromatic rings. The summed E-state index contributed by atoms with van der Waals surface area (Å²) in [6, 6.07) is 0. The fourth-order valence-corrected chi connectivity index (χ4v) is 1.74. The number of nitrogens with two attached hydrogens (primary N) is 1. The zero-order chi connectivity index (χ0) is 10.6. The molecule has 2 N–H and O–H groups in total. The zero-order valence-electron chi connectivity index (χ0n) is 9.38. The van der Waals surface area contributed by atoms with Crippen molar-refractivity contribution in [3.8, 4) is 0 Å². The van der Waals surface area contributed by atoms with E-state index in [9.17, 15) is 4.79 Å². The van der Waals surface area contributed by atoms with Crippen LogP contribution in [0.1, 0.15) is 39.5 Å². The predicted molar refractivity (Wildman–Crippen MR) is 57.9 cm³/mol. The number of amides is 1. The van der Waals surface area contributed by atoms with Crippen LogP contribution in [-0.2, 0) is 4.79 Å². The second-order valence-electron chi connectivity index (χ2n) is 4.99. The topological polar surface area (TPSA) is 46.3 Å². The van der Waals surface area contributed by atoms with Gasteiger partial charge in [0.05, 0.1) is 0 Å². The van der Waals surface area contributed by atoms with E-state index in [1.807, 2.05) is 4.90 Å².